The van der Waals surface area contributed by atoms with Crippen molar-refractivity contribution >= 4 is 11.9 Å². The minimum atomic E-state index is -1.24. The number of halogens is 1. The van der Waals surface area contributed by atoms with E-state index in [9.17, 15) is 14.0 Å². The van der Waals surface area contributed by atoms with E-state index in [4.69, 9.17) is 5.11 Å². The number of carboxylic acid groups (broad SMARTS) is 1. The Bertz CT molecular complexity index is 461. The third-order valence-electron chi connectivity index (χ3n) is 2.31. The molecular weight excluding hydrogens is 241 g/mol. The number of benzene rings is 1. The molecule has 1 aromatic rings. The Morgan fingerprint density at radius 3 is 2.67 bits per heavy atom. The standard InChI is InChI=1S/C12H14FNO4/c1-7-3-4-8(9(13)5-7)11(15)14-10(6-18-2)12(16)17/h3-5,10H,6H2,1-2H3,(H,14,15)(H,16,17). The van der Waals surface area contributed by atoms with Crippen molar-refractivity contribution in [2.75, 3.05) is 13.7 Å². The largest absolute Gasteiger partial charge is 0.480 e. The third kappa shape index (κ3) is 3.53. The van der Waals surface area contributed by atoms with Gasteiger partial charge in [0.25, 0.3) is 5.91 Å². The molecule has 0 radical (unpaired) electrons. The highest BCUT2D eigenvalue weighted by Crippen LogP contribution is 2.10. The lowest BCUT2D eigenvalue weighted by Crippen LogP contribution is -2.44. The Kier molecular flexibility index (Phi) is 4.79. The summed E-state index contributed by atoms with van der Waals surface area (Å²) in [5.74, 6) is -2.70. The fourth-order valence-corrected chi connectivity index (χ4v) is 1.38. The Balaban J connectivity index is 2.83. The quantitative estimate of drug-likeness (QED) is 0.821. The molecule has 1 amide bonds. The minimum Gasteiger partial charge on any atom is -0.480 e. The fraction of sp³-hybridized carbons (Fsp3) is 0.333. The second kappa shape index (κ2) is 6.11. The predicted molar refractivity (Wildman–Crippen MR) is 61.9 cm³/mol. The van der Waals surface area contributed by atoms with Crippen molar-refractivity contribution in [1.82, 2.24) is 5.32 Å². The zero-order valence-corrected chi connectivity index (χ0v) is 10.1. The number of carboxylic acids is 1. The molecule has 1 aromatic carbocycles. The normalized spacial score (nSPS) is 11.9. The molecule has 0 aliphatic heterocycles. The average Bonchev–Trinajstić information content (AvgIpc) is 2.27. The lowest BCUT2D eigenvalue weighted by molar-refractivity contribution is -0.140. The van der Waals surface area contributed by atoms with Gasteiger partial charge in [-0.2, -0.15) is 0 Å². The lowest BCUT2D eigenvalue weighted by Gasteiger charge is -2.13. The Hall–Kier alpha value is -1.95. The van der Waals surface area contributed by atoms with Crippen LogP contribution in [0.25, 0.3) is 0 Å². The van der Waals surface area contributed by atoms with E-state index in [0.29, 0.717) is 5.56 Å². The number of hydrogen-bond donors (Lipinski definition) is 2. The first-order valence-electron chi connectivity index (χ1n) is 5.24. The van der Waals surface area contributed by atoms with Crippen LogP contribution in [-0.4, -0.2) is 36.7 Å². The third-order valence-corrected chi connectivity index (χ3v) is 2.31. The van der Waals surface area contributed by atoms with Crippen LogP contribution in [0.5, 0.6) is 0 Å². The van der Waals surface area contributed by atoms with E-state index in [1.54, 1.807) is 13.0 Å². The number of amides is 1. The van der Waals surface area contributed by atoms with Gasteiger partial charge in [-0.25, -0.2) is 9.18 Å². The molecular formula is C12H14FNO4. The van der Waals surface area contributed by atoms with E-state index < -0.39 is 23.7 Å². The number of carbonyl (C=O) groups is 2. The van der Waals surface area contributed by atoms with Gasteiger partial charge < -0.3 is 15.2 Å². The van der Waals surface area contributed by atoms with Crippen LogP contribution >= 0.6 is 0 Å². The van der Waals surface area contributed by atoms with Gasteiger partial charge in [0.1, 0.15) is 5.82 Å². The number of methoxy groups -OCH3 is 1. The Morgan fingerprint density at radius 1 is 1.50 bits per heavy atom. The van der Waals surface area contributed by atoms with Crippen molar-refractivity contribution in [3.05, 3.63) is 35.1 Å². The van der Waals surface area contributed by atoms with Gasteiger partial charge in [-0.3, -0.25) is 4.79 Å². The van der Waals surface area contributed by atoms with Crippen LogP contribution in [0.4, 0.5) is 4.39 Å². The highest BCUT2D eigenvalue weighted by molar-refractivity contribution is 5.96. The molecule has 0 saturated carbocycles. The monoisotopic (exact) mass is 255 g/mol. The number of ether oxygens (including phenoxy) is 1. The Labute approximate surface area is 104 Å². The number of aliphatic carboxylic acids is 1. The molecule has 1 unspecified atom stereocenters. The van der Waals surface area contributed by atoms with Crippen molar-refractivity contribution in [1.29, 1.82) is 0 Å². The van der Waals surface area contributed by atoms with Gasteiger partial charge in [-0.05, 0) is 24.6 Å². The summed E-state index contributed by atoms with van der Waals surface area (Å²) in [7, 11) is 1.31. The van der Waals surface area contributed by atoms with E-state index >= 15 is 0 Å². The van der Waals surface area contributed by atoms with Crippen LogP contribution in [0, 0.1) is 12.7 Å². The zero-order valence-electron chi connectivity index (χ0n) is 10.1. The first-order chi connectivity index (χ1) is 8.45. The van der Waals surface area contributed by atoms with Crippen LogP contribution in [-0.2, 0) is 9.53 Å². The highest BCUT2D eigenvalue weighted by atomic mass is 19.1. The van der Waals surface area contributed by atoms with Crippen LogP contribution in [0.15, 0.2) is 18.2 Å². The van der Waals surface area contributed by atoms with Gasteiger partial charge in [-0.15, -0.1) is 0 Å². The molecule has 0 fully saturated rings. The van der Waals surface area contributed by atoms with Crippen LogP contribution < -0.4 is 5.32 Å². The molecule has 98 valence electrons. The molecule has 0 heterocycles. The SMILES string of the molecule is COCC(NC(=O)c1ccc(C)cc1F)C(=O)O. The summed E-state index contributed by atoms with van der Waals surface area (Å²) in [5.41, 5.74) is 0.485. The van der Waals surface area contributed by atoms with Crippen molar-refractivity contribution in [3.8, 4) is 0 Å². The van der Waals surface area contributed by atoms with Crippen molar-refractivity contribution in [2.24, 2.45) is 0 Å². The molecule has 2 N–H and O–H groups in total. The van der Waals surface area contributed by atoms with E-state index in [1.807, 2.05) is 0 Å². The van der Waals surface area contributed by atoms with Crippen LogP contribution in [0.1, 0.15) is 15.9 Å². The zero-order chi connectivity index (χ0) is 13.7. The number of hydrogen-bond acceptors (Lipinski definition) is 3. The van der Waals surface area contributed by atoms with Gasteiger partial charge >= 0.3 is 5.97 Å². The van der Waals surface area contributed by atoms with Crippen LogP contribution in [0.2, 0.25) is 0 Å². The fourth-order valence-electron chi connectivity index (χ4n) is 1.38. The van der Waals surface area contributed by atoms with E-state index in [2.05, 4.69) is 10.1 Å². The van der Waals surface area contributed by atoms with Gasteiger partial charge in [0.15, 0.2) is 6.04 Å². The van der Waals surface area contributed by atoms with Gasteiger partial charge in [0, 0.05) is 7.11 Å². The summed E-state index contributed by atoms with van der Waals surface area (Å²) >= 11 is 0. The molecule has 0 bridgehead atoms. The highest BCUT2D eigenvalue weighted by Gasteiger charge is 2.21. The van der Waals surface area contributed by atoms with E-state index in [-0.39, 0.29) is 12.2 Å². The number of carbonyl (C=O) groups excluding carboxylic acids is 1. The van der Waals surface area contributed by atoms with Crippen molar-refractivity contribution in [3.63, 3.8) is 0 Å². The molecule has 1 rings (SSSR count). The lowest BCUT2D eigenvalue weighted by atomic mass is 10.1. The second-order valence-corrected chi connectivity index (χ2v) is 3.80. The summed E-state index contributed by atoms with van der Waals surface area (Å²) in [6.07, 6.45) is 0. The molecule has 18 heavy (non-hydrogen) atoms. The first-order valence-corrected chi connectivity index (χ1v) is 5.24. The molecule has 0 aliphatic carbocycles. The summed E-state index contributed by atoms with van der Waals surface area (Å²) in [4.78, 5) is 22.5. The molecule has 0 spiro atoms. The number of nitrogens with one attached hydrogen (secondary N) is 1. The number of aryl methyl sites for hydroxylation is 1. The maximum Gasteiger partial charge on any atom is 0.328 e. The van der Waals surface area contributed by atoms with Gasteiger partial charge in [-0.1, -0.05) is 6.07 Å². The molecule has 6 heteroatoms. The summed E-state index contributed by atoms with van der Waals surface area (Å²) in [6, 6.07) is 2.89. The summed E-state index contributed by atoms with van der Waals surface area (Å²) < 4.78 is 18.2. The molecule has 5 nitrogen and oxygen atoms in total. The molecule has 0 saturated heterocycles. The maximum absolute atomic E-state index is 13.5. The molecule has 0 aliphatic rings. The topological polar surface area (TPSA) is 75.6 Å². The van der Waals surface area contributed by atoms with Gasteiger partial charge in [0.2, 0.25) is 0 Å². The summed E-state index contributed by atoms with van der Waals surface area (Å²) in [6.45, 7) is 1.50. The van der Waals surface area contributed by atoms with Crippen molar-refractivity contribution < 1.29 is 23.8 Å². The second-order valence-electron chi connectivity index (χ2n) is 3.80. The maximum atomic E-state index is 13.5. The molecule has 0 aromatic heterocycles. The first kappa shape index (κ1) is 14.1. The van der Waals surface area contributed by atoms with Crippen molar-refractivity contribution in [2.45, 2.75) is 13.0 Å². The van der Waals surface area contributed by atoms with E-state index in [0.717, 1.165) is 0 Å². The van der Waals surface area contributed by atoms with Gasteiger partial charge in [0.05, 0.1) is 12.2 Å². The van der Waals surface area contributed by atoms with Crippen LogP contribution in [0.3, 0.4) is 0 Å². The van der Waals surface area contributed by atoms with E-state index in [1.165, 1.54) is 19.2 Å². The molecule has 1 atom stereocenters. The Morgan fingerprint density at radius 2 is 2.17 bits per heavy atom. The minimum absolute atomic E-state index is 0.186. The smallest absolute Gasteiger partial charge is 0.328 e. The predicted octanol–water partition coefficient (Wildman–Crippen LogP) is 0.964. The number of rotatable bonds is 5. The summed E-state index contributed by atoms with van der Waals surface area (Å²) in [5, 5.41) is 11.0. The average molecular weight is 255 g/mol.